The number of unbranched alkanes of at least 4 members (excludes halogenated alkanes) is 3. The first-order chi connectivity index (χ1) is 20.8. The van der Waals surface area contributed by atoms with Gasteiger partial charge in [-0.15, -0.1) is 0 Å². The summed E-state index contributed by atoms with van der Waals surface area (Å²) < 4.78 is 20.6. The summed E-state index contributed by atoms with van der Waals surface area (Å²) in [5.74, 6) is -0.413. The smallest absolute Gasteiger partial charge is 0.243 e. The van der Waals surface area contributed by atoms with E-state index in [1.165, 1.54) is 18.2 Å². The third kappa shape index (κ3) is 7.39. The molecule has 0 saturated carbocycles. The lowest BCUT2D eigenvalue weighted by Crippen LogP contribution is -2.40. The van der Waals surface area contributed by atoms with E-state index in [0.717, 1.165) is 25.7 Å². The van der Waals surface area contributed by atoms with Crippen LogP contribution in [0.2, 0.25) is 0 Å². The van der Waals surface area contributed by atoms with Gasteiger partial charge in [-0.05, 0) is 68.0 Å². The summed E-state index contributed by atoms with van der Waals surface area (Å²) in [7, 11) is 0. The Labute approximate surface area is 250 Å². The molecule has 1 aromatic heterocycles. The molecule has 4 rings (SSSR count). The molecule has 2 aromatic carbocycles. The van der Waals surface area contributed by atoms with Gasteiger partial charge in [0, 0.05) is 42.4 Å². The number of aromatic nitrogens is 1. The number of carbonyl (C=O) groups excluding carboxylic acids is 1. The number of phenolic OH excluding ortho intramolecular Hbond substituents is 1. The fraction of sp³-hybridized carbons (Fsp3) is 0.375. The summed E-state index contributed by atoms with van der Waals surface area (Å²) in [6, 6.07) is 13.4. The summed E-state index contributed by atoms with van der Waals surface area (Å²) in [5, 5.41) is 39.1. The van der Waals surface area contributed by atoms with Crippen LogP contribution < -0.4 is 20.9 Å². The third-order valence-electron chi connectivity index (χ3n) is 7.62. The van der Waals surface area contributed by atoms with Crippen molar-refractivity contribution >= 4 is 11.7 Å². The van der Waals surface area contributed by atoms with Gasteiger partial charge in [0.15, 0.2) is 11.5 Å². The lowest BCUT2D eigenvalue weighted by atomic mass is 9.89. The predicted molar refractivity (Wildman–Crippen MR) is 159 cm³/mol. The third-order valence-corrected chi connectivity index (χ3v) is 7.62. The number of aryl methyl sites for hydroxylation is 1. The molecule has 1 amide bonds. The molecule has 224 valence electrons. The number of hydrogen-bond acceptors (Lipinski definition) is 9. The van der Waals surface area contributed by atoms with Crippen LogP contribution in [0.5, 0.6) is 11.5 Å². The molecule has 1 saturated heterocycles. The molecule has 0 radical (unpaired) electrons. The molecule has 0 spiro atoms. The Morgan fingerprint density at radius 1 is 1.09 bits per heavy atom. The van der Waals surface area contributed by atoms with Gasteiger partial charge in [0.1, 0.15) is 29.3 Å². The van der Waals surface area contributed by atoms with Crippen molar-refractivity contribution in [3.05, 3.63) is 59.0 Å². The molecule has 1 aliphatic heterocycles. The number of ether oxygens (including phenoxy) is 1. The van der Waals surface area contributed by atoms with Crippen LogP contribution in [0, 0.1) is 35.4 Å². The van der Waals surface area contributed by atoms with Crippen molar-refractivity contribution in [1.82, 2.24) is 10.5 Å². The quantitative estimate of drug-likeness (QED) is 0.136. The van der Waals surface area contributed by atoms with Gasteiger partial charge in [0.2, 0.25) is 5.91 Å². The SMILES string of the molecule is Cc1nc(N2CCC(N)CC2)c(C#N)c(-c2ccc(C#N)c(F)c2)c1-c1ccc(OCCCCCCC(=O)NO)c(O)c1. The maximum Gasteiger partial charge on any atom is 0.243 e. The van der Waals surface area contributed by atoms with Crippen molar-refractivity contribution < 1.29 is 24.2 Å². The van der Waals surface area contributed by atoms with Crippen molar-refractivity contribution in [3.63, 3.8) is 0 Å². The molecule has 5 N–H and O–H groups in total. The fourth-order valence-electron chi connectivity index (χ4n) is 5.31. The number of pyridine rings is 1. The van der Waals surface area contributed by atoms with E-state index in [4.69, 9.17) is 20.7 Å². The number of nitrogens with one attached hydrogen (secondary N) is 1. The number of nitrogens with two attached hydrogens (primary N) is 1. The summed E-state index contributed by atoms with van der Waals surface area (Å²) in [4.78, 5) is 17.9. The number of benzene rings is 2. The number of rotatable bonds is 11. The number of hydrogen-bond donors (Lipinski definition) is 4. The van der Waals surface area contributed by atoms with Crippen LogP contribution in [0.25, 0.3) is 22.3 Å². The second-order valence-electron chi connectivity index (χ2n) is 10.6. The van der Waals surface area contributed by atoms with E-state index >= 15 is 0 Å². The number of aromatic hydroxyl groups is 1. The Morgan fingerprint density at radius 3 is 2.44 bits per heavy atom. The van der Waals surface area contributed by atoms with Crippen LogP contribution in [-0.4, -0.2) is 46.9 Å². The monoisotopic (exact) mass is 586 g/mol. The predicted octanol–water partition coefficient (Wildman–Crippen LogP) is 5.07. The minimum absolute atomic E-state index is 0.0815. The summed E-state index contributed by atoms with van der Waals surface area (Å²) >= 11 is 0. The highest BCUT2D eigenvalue weighted by molar-refractivity contribution is 5.92. The van der Waals surface area contributed by atoms with Gasteiger partial charge < -0.3 is 20.5 Å². The number of phenols is 1. The number of amides is 1. The zero-order chi connectivity index (χ0) is 30.9. The van der Waals surface area contributed by atoms with E-state index in [1.54, 1.807) is 23.7 Å². The minimum Gasteiger partial charge on any atom is -0.504 e. The standard InChI is InChI=1S/C32H35FN6O4/c1-20-30(22-9-10-28(27(40)17-22)43-15-5-3-2-4-6-29(41)38-42)31(21-7-8-23(18-34)26(33)16-21)25(19-35)32(37-20)39-13-11-24(36)12-14-39/h7-10,16-17,24,40,42H,2-6,11-15,36H2,1H3,(H,38,41). The van der Waals surface area contributed by atoms with Crippen LogP contribution in [0.15, 0.2) is 36.4 Å². The van der Waals surface area contributed by atoms with Crippen molar-refractivity contribution in [2.24, 2.45) is 5.73 Å². The normalized spacial score (nSPS) is 13.3. The molecular formula is C32H35FN6O4. The topological polar surface area (TPSA) is 169 Å². The van der Waals surface area contributed by atoms with Crippen molar-refractivity contribution in [2.45, 2.75) is 57.9 Å². The number of anilines is 1. The lowest BCUT2D eigenvalue weighted by molar-refractivity contribution is -0.129. The molecule has 0 bridgehead atoms. The van der Waals surface area contributed by atoms with Crippen LogP contribution >= 0.6 is 0 Å². The van der Waals surface area contributed by atoms with Gasteiger partial charge in [-0.3, -0.25) is 10.0 Å². The maximum absolute atomic E-state index is 14.9. The molecule has 0 aliphatic carbocycles. The first kappa shape index (κ1) is 31.2. The lowest BCUT2D eigenvalue weighted by Gasteiger charge is -2.33. The Morgan fingerprint density at radius 2 is 1.79 bits per heavy atom. The van der Waals surface area contributed by atoms with Gasteiger partial charge in [-0.25, -0.2) is 14.9 Å². The molecule has 43 heavy (non-hydrogen) atoms. The first-order valence-corrected chi connectivity index (χ1v) is 14.3. The second-order valence-corrected chi connectivity index (χ2v) is 10.6. The molecule has 0 unspecified atom stereocenters. The van der Waals surface area contributed by atoms with E-state index in [-0.39, 0.29) is 29.3 Å². The first-order valence-electron chi connectivity index (χ1n) is 14.3. The molecular weight excluding hydrogens is 551 g/mol. The number of nitriles is 2. The highest BCUT2D eigenvalue weighted by Gasteiger charge is 2.27. The Kier molecular flexibility index (Phi) is 10.5. The fourth-order valence-corrected chi connectivity index (χ4v) is 5.31. The van der Waals surface area contributed by atoms with Crippen molar-refractivity contribution in [2.75, 3.05) is 24.6 Å². The highest BCUT2D eigenvalue weighted by atomic mass is 19.1. The van der Waals surface area contributed by atoms with Crippen LogP contribution in [0.4, 0.5) is 10.2 Å². The van der Waals surface area contributed by atoms with E-state index < -0.39 is 11.7 Å². The summed E-state index contributed by atoms with van der Waals surface area (Å²) in [6.07, 6.45) is 4.75. The summed E-state index contributed by atoms with van der Waals surface area (Å²) in [5.41, 5.74) is 10.5. The van der Waals surface area contributed by atoms with Crippen LogP contribution in [0.1, 0.15) is 61.8 Å². The molecule has 3 aromatic rings. The average Bonchev–Trinajstić information content (AvgIpc) is 3.00. The maximum atomic E-state index is 14.9. The zero-order valence-electron chi connectivity index (χ0n) is 24.1. The van der Waals surface area contributed by atoms with Gasteiger partial charge in [-0.1, -0.05) is 25.0 Å². The second kappa shape index (κ2) is 14.5. The van der Waals surface area contributed by atoms with Gasteiger partial charge in [0.05, 0.1) is 12.2 Å². The Balaban J connectivity index is 1.66. The Hall–Kier alpha value is -4.71. The summed E-state index contributed by atoms with van der Waals surface area (Å²) in [6.45, 7) is 3.44. The molecule has 0 atom stereocenters. The van der Waals surface area contributed by atoms with E-state index in [2.05, 4.69) is 6.07 Å². The molecule has 11 heteroatoms. The highest BCUT2D eigenvalue weighted by Crippen LogP contribution is 2.43. The zero-order valence-corrected chi connectivity index (χ0v) is 24.1. The molecule has 2 heterocycles. The molecule has 1 fully saturated rings. The van der Waals surface area contributed by atoms with E-state index in [1.807, 2.05) is 17.9 Å². The number of piperidine rings is 1. The van der Waals surface area contributed by atoms with Crippen molar-refractivity contribution in [3.8, 4) is 45.9 Å². The van der Waals surface area contributed by atoms with Gasteiger partial charge in [-0.2, -0.15) is 10.5 Å². The van der Waals surface area contributed by atoms with Gasteiger partial charge in [0.25, 0.3) is 0 Å². The number of nitrogens with zero attached hydrogens (tertiary/aromatic N) is 4. The Bertz CT molecular complexity index is 1560. The molecule has 10 nitrogen and oxygen atoms in total. The van der Waals surface area contributed by atoms with Crippen molar-refractivity contribution in [1.29, 1.82) is 10.5 Å². The van der Waals surface area contributed by atoms with E-state index in [9.17, 15) is 24.8 Å². The number of halogens is 1. The molecule has 1 aliphatic rings. The number of carbonyl (C=O) groups is 1. The minimum atomic E-state index is -0.696. The van der Waals surface area contributed by atoms with Gasteiger partial charge >= 0.3 is 0 Å². The average molecular weight is 587 g/mol. The largest absolute Gasteiger partial charge is 0.504 e. The van der Waals surface area contributed by atoms with Crippen LogP contribution in [0.3, 0.4) is 0 Å². The van der Waals surface area contributed by atoms with E-state index in [0.29, 0.717) is 72.1 Å². The number of hydroxylamine groups is 1. The van der Waals surface area contributed by atoms with Crippen LogP contribution in [-0.2, 0) is 4.79 Å².